The zero-order valence-electron chi connectivity index (χ0n) is 21.0. The molecule has 0 saturated carbocycles. The van der Waals surface area contributed by atoms with Crippen LogP contribution in [0.15, 0.2) is 143 Å². The molecule has 0 saturated heterocycles. The van der Waals surface area contributed by atoms with Crippen molar-refractivity contribution in [3.05, 3.63) is 172 Å². The van der Waals surface area contributed by atoms with Crippen LogP contribution in [0, 0.1) is 6.92 Å². The zero-order valence-corrected chi connectivity index (χ0v) is 21.0. The lowest BCUT2D eigenvalue weighted by atomic mass is 9.62. The van der Waals surface area contributed by atoms with Crippen LogP contribution in [-0.2, 0) is 5.41 Å². The molecule has 0 unspecified atom stereocenters. The number of benzene rings is 5. The van der Waals surface area contributed by atoms with Gasteiger partial charge in [-0.3, -0.25) is 4.79 Å². The molecule has 3 heteroatoms. The van der Waals surface area contributed by atoms with Gasteiger partial charge in [-0.1, -0.05) is 97.1 Å². The van der Waals surface area contributed by atoms with Gasteiger partial charge in [0.2, 0.25) is 0 Å². The molecule has 182 valence electrons. The van der Waals surface area contributed by atoms with Crippen molar-refractivity contribution in [3.63, 3.8) is 0 Å². The fourth-order valence-corrected chi connectivity index (χ4v) is 6.09. The minimum atomic E-state index is -0.508. The summed E-state index contributed by atoms with van der Waals surface area (Å²) in [6.07, 6.45) is 0. The summed E-state index contributed by atoms with van der Waals surface area (Å²) in [6, 6.07) is 46.2. The Kier molecular flexibility index (Phi) is 5.05. The quantitative estimate of drug-likeness (QED) is 0.249. The van der Waals surface area contributed by atoms with Crippen LogP contribution in [-0.4, -0.2) is 0 Å². The molecule has 0 N–H and O–H groups in total. The largest absolute Gasteiger partial charge is 0.461 e. The summed E-state index contributed by atoms with van der Waals surface area (Å²) in [5, 5.41) is 0.584. The number of para-hydroxylation sites is 2. The molecule has 0 fully saturated rings. The molecule has 1 aromatic heterocycles. The Morgan fingerprint density at radius 3 is 1.71 bits per heavy atom. The molecular formula is C35H25NO2. The first-order valence-electron chi connectivity index (χ1n) is 12.8. The maximum Gasteiger partial charge on any atom is 0.192 e. The van der Waals surface area contributed by atoms with E-state index in [1.165, 1.54) is 22.3 Å². The van der Waals surface area contributed by atoms with Crippen molar-refractivity contribution in [1.82, 2.24) is 0 Å². The van der Waals surface area contributed by atoms with E-state index in [2.05, 4.69) is 114 Å². The number of fused-ring (bicyclic) bond motifs is 3. The van der Waals surface area contributed by atoms with Crippen LogP contribution in [0.1, 0.15) is 28.0 Å². The van der Waals surface area contributed by atoms with E-state index in [-0.39, 0.29) is 5.43 Å². The van der Waals surface area contributed by atoms with Gasteiger partial charge in [-0.05, 0) is 53.4 Å². The smallest absolute Gasteiger partial charge is 0.192 e. The first kappa shape index (κ1) is 22.3. The van der Waals surface area contributed by atoms with Crippen LogP contribution < -0.4 is 10.3 Å². The van der Waals surface area contributed by atoms with Crippen molar-refractivity contribution in [2.45, 2.75) is 12.3 Å². The third-order valence-corrected chi connectivity index (χ3v) is 7.61. The highest BCUT2D eigenvalue weighted by atomic mass is 16.3. The SMILES string of the molecule is Cc1cc(=O)c2ccc(N3c4ccccc4C(c4ccccc4)(c4ccccc4)c4ccccc43)cc2o1. The van der Waals surface area contributed by atoms with Crippen LogP contribution in [0.25, 0.3) is 11.0 Å². The van der Waals surface area contributed by atoms with Crippen LogP contribution in [0.5, 0.6) is 0 Å². The molecule has 0 radical (unpaired) electrons. The molecule has 0 aliphatic carbocycles. The average molecular weight is 492 g/mol. The van der Waals surface area contributed by atoms with Gasteiger partial charge in [0.1, 0.15) is 11.3 Å². The van der Waals surface area contributed by atoms with Gasteiger partial charge in [-0.15, -0.1) is 0 Å². The Labute approximate surface area is 221 Å². The summed E-state index contributed by atoms with van der Waals surface area (Å²) in [4.78, 5) is 14.9. The lowest BCUT2D eigenvalue weighted by Crippen LogP contribution is -2.37. The van der Waals surface area contributed by atoms with E-state index in [1.54, 1.807) is 6.07 Å². The van der Waals surface area contributed by atoms with Crippen molar-refractivity contribution in [1.29, 1.82) is 0 Å². The number of aryl methyl sites for hydroxylation is 1. The number of nitrogens with zero attached hydrogens (tertiary/aromatic N) is 1. The van der Waals surface area contributed by atoms with Crippen LogP contribution in [0.2, 0.25) is 0 Å². The van der Waals surface area contributed by atoms with Crippen LogP contribution in [0.4, 0.5) is 17.1 Å². The minimum Gasteiger partial charge on any atom is -0.461 e. The Hall–Kier alpha value is -4.89. The molecule has 3 nitrogen and oxygen atoms in total. The van der Waals surface area contributed by atoms with Crippen LogP contribution >= 0.6 is 0 Å². The molecule has 0 atom stereocenters. The third kappa shape index (κ3) is 3.18. The van der Waals surface area contributed by atoms with E-state index in [0.29, 0.717) is 16.7 Å². The first-order valence-corrected chi connectivity index (χ1v) is 12.8. The van der Waals surface area contributed by atoms with Gasteiger partial charge in [0, 0.05) is 17.8 Å². The van der Waals surface area contributed by atoms with E-state index in [9.17, 15) is 4.79 Å². The normalized spacial score (nSPS) is 13.7. The fraction of sp³-hybridized carbons (Fsp3) is 0.0571. The van der Waals surface area contributed by atoms with Crippen molar-refractivity contribution in [2.75, 3.05) is 4.90 Å². The highest BCUT2D eigenvalue weighted by molar-refractivity contribution is 5.92. The maximum absolute atomic E-state index is 12.6. The summed E-state index contributed by atoms with van der Waals surface area (Å²) >= 11 is 0. The summed E-state index contributed by atoms with van der Waals surface area (Å²) < 4.78 is 6.00. The Balaban J connectivity index is 1.59. The molecule has 5 aromatic carbocycles. The lowest BCUT2D eigenvalue weighted by Gasteiger charge is -2.46. The number of hydrogen-bond acceptors (Lipinski definition) is 3. The first-order chi connectivity index (χ1) is 18.7. The van der Waals surface area contributed by atoms with Crippen molar-refractivity contribution in [3.8, 4) is 0 Å². The number of anilines is 3. The van der Waals surface area contributed by atoms with Crippen LogP contribution in [0.3, 0.4) is 0 Å². The third-order valence-electron chi connectivity index (χ3n) is 7.61. The molecule has 1 aliphatic rings. The topological polar surface area (TPSA) is 33.5 Å². The summed E-state index contributed by atoms with van der Waals surface area (Å²) in [5.41, 5.74) is 8.00. The highest BCUT2D eigenvalue weighted by Gasteiger charge is 2.46. The second kappa shape index (κ2) is 8.60. The molecule has 38 heavy (non-hydrogen) atoms. The number of hydrogen-bond donors (Lipinski definition) is 0. The van der Waals surface area contributed by atoms with E-state index in [1.807, 2.05) is 25.1 Å². The van der Waals surface area contributed by atoms with Gasteiger partial charge in [-0.2, -0.15) is 0 Å². The predicted octanol–water partition coefficient (Wildman–Crippen LogP) is 8.27. The molecule has 0 amide bonds. The van der Waals surface area contributed by atoms with E-state index >= 15 is 0 Å². The van der Waals surface area contributed by atoms with Gasteiger partial charge >= 0.3 is 0 Å². The van der Waals surface area contributed by atoms with Gasteiger partial charge in [-0.25, -0.2) is 0 Å². The number of rotatable bonds is 3. The standard InChI is InChI=1S/C35H25NO2/c1-24-22-33(37)28-21-20-27(23-34(28)38-24)36-31-18-10-8-16-29(31)35(25-12-4-2-5-13-25,26-14-6-3-7-15-26)30-17-9-11-19-32(30)36/h2-23H,1H3. The molecular weight excluding hydrogens is 466 g/mol. The lowest BCUT2D eigenvalue weighted by molar-refractivity contribution is 0.565. The van der Waals surface area contributed by atoms with Gasteiger partial charge in [0.15, 0.2) is 5.43 Å². The minimum absolute atomic E-state index is 0.0260. The predicted molar refractivity (Wildman–Crippen MR) is 154 cm³/mol. The van der Waals surface area contributed by atoms with Crippen molar-refractivity contribution in [2.24, 2.45) is 0 Å². The van der Waals surface area contributed by atoms with E-state index in [4.69, 9.17) is 4.42 Å². The molecule has 2 heterocycles. The fourth-order valence-electron chi connectivity index (χ4n) is 6.09. The molecule has 7 rings (SSSR count). The van der Waals surface area contributed by atoms with E-state index < -0.39 is 5.41 Å². The van der Waals surface area contributed by atoms with Crippen molar-refractivity contribution >= 4 is 28.0 Å². The molecule has 1 aliphatic heterocycles. The highest BCUT2D eigenvalue weighted by Crippen LogP contribution is 2.57. The monoisotopic (exact) mass is 491 g/mol. The Morgan fingerprint density at radius 1 is 0.605 bits per heavy atom. The van der Waals surface area contributed by atoms with Gasteiger partial charge in [0.05, 0.1) is 22.2 Å². The molecule has 6 aromatic rings. The average Bonchev–Trinajstić information content (AvgIpc) is 2.96. The van der Waals surface area contributed by atoms with Gasteiger partial charge in [0.25, 0.3) is 0 Å². The van der Waals surface area contributed by atoms with Crippen molar-refractivity contribution < 1.29 is 4.42 Å². The Morgan fingerprint density at radius 2 is 1.13 bits per heavy atom. The summed E-state index contributed by atoms with van der Waals surface area (Å²) in [5.74, 6) is 0.603. The summed E-state index contributed by atoms with van der Waals surface area (Å²) in [7, 11) is 0. The zero-order chi connectivity index (χ0) is 25.7. The Bertz CT molecular complexity index is 1770. The second-order valence-corrected chi connectivity index (χ2v) is 9.75. The summed E-state index contributed by atoms with van der Waals surface area (Å²) in [6.45, 7) is 1.81. The van der Waals surface area contributed by atoms with E-state index in [0.717, 1.165) is 17.1 Å². The molecule has 0 bridgehead atoms. The second-order valence-electron chi connectivity index (χ2n) is 9.75. The maximum atomic E-state index is 12.6. The van der Waals surface area contributed by atoms with Gasteiger partial charge < -0.3 is 9.32 Å². The molecule has 0 spiro atoms.